The summed E-state index contributed by atoms with van der Waals surface area (Å²) in [6.45, 7) is 2.78. The molecule has 29 nitrogen and oxygen atoms in total. The standard InChI is InChI=1S/C44H78N18O11/c1-24-13-14-32(40(69)60-31(19-26-21-52-23-55-26)39(68)58-28(10-4-6-16-46)38(67)59-30(43(72)73)12-8-18-53-44(50)51)62(24)42(71)29(11-7-17-47)57-34(64)22-54-36(65)25(2)56-41(70)35(33(63)20-48)61-37(66)27(49)9-3-5-15-45/h12,21,23-25,27-29,31-33,35,63H,3-11,13-20,22,45-49H2,1-2H3,(H,52,55)(H,54,65)(H,56,70)(H,57,64)(H,58,68)(H,59,67)(H,60,69)(H,61,66)(H,72,73)(H4,50,51,53)/b30-12-/t24-,25-,27-,28-,29+,31-,32-,33-,35-/m0/s1. The van der Waals surface area contributed by atoms with Crippen molar-refractivity contribution in [3.05, 3.63) is 30.0 Å². The average molecular weight is 1040 g/mol. The molecule has 0 spiro atoms. The number of nitrogens with two attached hydrogens (primary N) is 7. The van der Waals surface area contributed by atoms with Crippen molar-refractivity contribution in [1.82, 2.24) is 52.1 Å². The maximum atomic E-state index is 14.4. The molecule has 1 aliphatic heterocycles. The molecule has 1 aliphatic rings. The number of aromatic amines is 1. The molecule has 8 amide bonds. The van der Waals surface area contributed by atoms with Gasteiger partial charge in [-0.25, -0.2) is 9.78 Å². The number of aliphatic hydroxyl groups excluding tert-OH is 1. The molecule has 9 atom stereocenters. The number of hydrogen-bond donors (Lipinski definition) is 17. The van der Waals surface area contributed by atoms with Crippen molar-refractivity contribution in [1.29, 1.82) is 0 Å². The van der Waals surface area contributed by atoms with Crippen molar-refractivity contribution in [2.24, 2.45) is 45.1 Å². The van der Waals surface area contributed by atoms with Gasteiger partial charge in [0.1, 0.15) is 41.9 Å². The Morgan fingerprint density at radius 3 is 2.07 bits per heavy atom. The minimum absolute atomic E-state index is 0.0413. The highest BCUT2D eigenvalue weighted by molar-refractivity contribution is 5.99. The van der Waals surface area contributed by atoms with Crippen LogP contribution in [-0.4, -0.2) is 178 Å². The third-order valence-corrected chi connectivity index (χ3v) is 11.7. The third-order valence-electron chi connectivity index (χ3n) is 11.7. The molecule has 2 heterocycles. The molecule has 0 saturated carbocycles. The molecule has 0 bridgehead atoms. The molecule has 24 N–H and O–H groups in total. The molecule has 1 fully saturated rings. The lowest BCUT2D eigenvalue weighted by Gasteiger charge is -2.33. The Labute approximate surface area is 423 Å². The summed E-state index contributed by atoms with van der Waals surface area (Å²) in [6.07, 6.45) is 5.54. The molecule has 29 heteroatoms. The minimum Gasteiger partial charge on any atom is -0.477 e. The van der Waals surface area contributed by atoms with Crippen molar-refractivity contribution in [2.75, 3.05) is 39.3 Å². The van der Waals surface area contributed by atoms with Crippen molar-refractivity contribution in [3.8, 4) is 0 Å². The van der Waals surface area contributed by atoms with E-state index in [0.717, 1.165) is 0 Å². The van der Waals surface area contributed by atoms with Crippen LogP contribution in [0.5, 0.6) is 0 Å². The lowest BCUT2D eigenvalue weighted by atomic mass is 10.1. The number of amides is 8. The zero-order valence-corrected chi connectivity index (χ0v) is 41.6. The number of H-pyrrole nitrogens is 1. The average Bonchev–Trinajstić information content (AvgIpc) is 4.02. The van der Waals surface area contributed by atoms with E-state index in [0.29, 0.717) is 44.3 Å². The maximum absolute atomic E-state index is 14.4. The highest BCUT2D eigenvalue weighted by Crippen LogP contribution is 2.26. The number of hydrogen-bond acceptors (Lipinski definition) is 17. The predicted molar refractivity (Wildman–Crippen MR) is 266 cm³/mol. The van der Waals surface area contributed by atoms with Gasteiger partial charge in [0.05, 0.1) is 25.0 Å². The largest absolute Gasteiger partial charge is 0.477 e. The van der Waals surface area contributed by atoms with Gasteiger partial charge in [-0.15, -0.1) is 0 Å². The second kappa shape index (κ2) is 33.0. The van der Waals surface area contributed by atoms with Gasteiger partial charge in [0.15, 0.2) is 5.96 Å². The number of rotatable bonds is 34. The molecule has 0 aromatic carbocycles. The molecule has 410 valence electrons. The molecule has 2 rings (SSSR count). The van der Waals surface area contributed by atoms with Crippen molar-refractivity contribution in [3.63, 3.8) is 0 Å². The molecule has 1 aromatic heterocycles. The summed E-state index contributed by atoms with van der Waals surface area (Å²) in [5, 5.41) is 37.6. The molecular weight excluding hydrogens is 957 g/mol. The SMILES string of the molecule is C[C@H](NC(=O)[C@@H](NC(=O)[C@@H](N)CCCCN)[C@@H](O)CN)C(=O)NCC(=O)N[C@H](CCCN)C(=O)N1[C@@H](C)CC[C@H]1C(=O)N[C@@H](Cc1cnc[nH]1)C(=O)N[C@@H](CCCCN)C(=O)N/C(=C\CCN=C(N)N)C(=O)O. The minimum atomic E-state index is -1.56. The van der Waals surface area contributed by atoms with Crippen LogP contribution in [0.15, 0.2) is 29.3 Å². The Hall–Kier alpha value is -6.79. The molecule has 1 saturated heterocycles. The topological polar surface area (TPSA) is 505 Å². The number of nitrogens with one attached hydrogen (secondary N) is 8. The fourth-order valence-corrected chi connectivity index (χ4v) is 7.62. The Bertz CT molecular complexity index is 2040. The number of aromatic nitrogens is 2. The van der Waals surface area contributed by atoms with Gasteiger partial charge in [-0.2, -0.15) is 0 Å². The van der Waals surface area contributed by atoms with Crippen LogP contribution in [0.2, 0.25) is 0 Å². The number of carboxylic acid groups (broad SMARTS) is 1. The second-order valence-electron chi connectivity index (χ2n) is 17.6. The van der Waals surface area contributed by atoms with Crippen LogP contribution in [-0.2, 0) is 49.6 Å². The van der Waals surface area contributed by atoms with E-state index in [1.165, 1.54) is 30.4 Å². The Balaban J connectivity index is 2.24. The fraction of sp³-hybridized carbons (Fsp3) is 0.659. The van der Waals surface area contributed by atoms with Gasteiger partial charge in [0, 0.05) is 37.4 Å². The van der Waals surface area contributed by atoms with Crippen LogP contribution < -0.4 is 77.4 Å². The number of unbranched alkanes of at least 4 members (excludes halogenated alkanes) is 2. The zero-order chi connectivity index (χ0) is 54.6. The van der Waals surface area contributed by atoms with E-state index < -0.39 is 126 Å². The van der Waals surface area contributed by atoms with Crippen LogP contribution in [0.3, 0.4) is 0 Å². The van der Waals surface area contributed by atoms with Crippen molar-refractivity contribution < 1.29 is 53.4 Å². The van der Waals surface area contributed by atoms with E-state index in [9.17, 15) is 53.4 Å². The fourth-order valence-electron chi connectivity index (χ4n) is 7.62. The number of carbonyl (C=O) groups excluding carboxylic acids is 8. The van der Waals surface area contributed by atoms with E-state index in [4.69, 9.17) is 40.1 Å². The maximum Gasteiger partial charge on any atom is 0.352 e. The zero-order valence-electron chi connectivity index (χ0n) is 41.6. The van der Waals surface area contributed by atoms with Crippen LogP contribution in [0, 0.1) is 0 Å². The third kappa shape index (κ3) is 21.8. The first-order valence-corrected chi connectivity index (χ1v) is 24.3. The van der Waals surface area contributed by atoms with Crippen LogP contribution in [0.4, 0.5) is 0 Å². The number of likely N-dealkylation sites (tertiary alicyclic amines) is 1. The molecule has 0 unspecified atom stereocenters. The van der Waals surface area contributed by atoms with E-state index in [2.05, 4.69) is 52.2 Å². The molecule has 0 radical (unpaired) electrons. The van der Waals surface area contributed by atoms with Gasteiger partial charge in [-0.1, -0.05) is 12.5 Å². The van der Waals surface area contributed by atoms with Crippen molar-refractivity contribution >= 4 is 59.2 Å². The van der Waals surface area contributed by atoms with E-state index in [1.54, 1.807) is 6.92 Å². The van der Waals surface area contributed by atoms with Crippen LogP contribution in [0.25, 0.3) is 0 Å². The number of carbonyl (C=O) groups is 9. The molecular formula is C44H78N18O11. The van der Waals surface area contributed by atoms with Crippen LogP contribution in [0.1, 0.15) is 90.2 Å². The highest BCUT2D eigenvalue weighted by atomic mass is 16.4. The monoisotopic (exact) mass is 1030 g/mol. The lowest BCUT2D eigenvalue weighted by Crippen LogP contribution is -2.60. The summed E-state index contributed by atoms with van der Waals surface area (Å²) in [5.74, 6) is -8.02. The Kier molecular flexibility index (Phi) is 28.2. The number of imidazole rings is 1. The summed E-state index contributed by atoms with van der Waals surface area (Å²) in [5.41, 5.74) is 39.1. The second-order valence-corrected chi connectivity index (χ2v) is 17.6. The predicted octanol–water partition coefficient (Wildman–Crippen LogP) is -6.72. The van der Waals surface area contributed by atoms with Crippen LogP contribution >= 0.6 is 0 Å². The first-order chi connectivity index (χ1) is 34.7. The number of carboxylic acids is 1. The lowest BCUT2D eigenvalue weighted by molar-refractivity contribution is -0.144. The van der Waals surface area contributed by atoms with Crippen molar-refractivity contribution in [2.45, 2.75) is 145 Å². The van der Waals surface area contributed by atoms with Gasteiger partial charge in [0.25, 0.3) is 0 Å². The summed E-state index contributed by atoms with van der Waals surface area (Å²) >= 11 is 0. The normalized spacial score (nSPS) is 17.3. The summed E-state index contributed by atoms with van der Waals surface area (Å²) in [6, 6.07) is -9.38. The molecule has 1 aromatic rings. The number of aliphatic hydroxyl groups is 1. The van der Waals surface area contributed by atoms with E-state index >= 15 is 0 Å². The van der Waals surface area contributed by atoms with Gasteiger partial charge < -0.3 is 97.5 Å². The Morgan fingerprint density at radius 2 is 1.47 bits per heavy atom. The van der Waals surface area contributed by atoms with Gasteiger partial charge >= 0.3 is 5.97 Å². The highest BCUT2D eigenvalue weighted by Gasteiger charge is 2.43. The summed E-state index contributed by atoms with van der Waals surface area (Å²) in [4.78, 5) is 132. The number of nitrogens with zero attached hydrogens (tertiary/aromatic N) is 3. The first-order valence-electron chi connectivity index (χ1n) is 24.3. The number of aliphatic imine (C=N–C) groups is 1. The van der Waals surface area contributed by atoms with E-state index in [-0.39, 0.29) is 70.5 Å². The molecule has 73 heavy (non-hydrogen) atoms. The smallest absolute Gasteiger partial charge is 0.352 e. The number of guanidine groups is 1. The number of aliphatic carboxylic acids is 1. The quantitative estimate of drug-likeness (QED) is 0.0132. The molecule has 0 aliphatic carbocycles. The Morgan fingerprint density at radius 1 is 0.808 bits per heavy atom. The van der Waals surface area contributed by atoms with Gasteiger partial charge in [0.2, 0.25) is 47.3 Å². The van der Waals surface area contributed by atoms with E-state index in [1.807, 2.05) is 0 Å². The van der Waals surface area contributed by atoms with Gasteiger partial charge in [-0.3, -0.25) is 43.3 Å². The first kappa shape index (κ1) is 62.3. The summed E-state index contributed by atoms with van der Waals surface area (Å²) in [7, 11) is 0. The van der Waals surface area contributed by atoms with Gasteiger partial charge in [-0.05, 0) is 97.7 Å². The summed E-state index contributed by atoms with van der Waals surface area (Å²) < 4.78 is 0.